The van der Waals surface area contributed by atoms with Crippen LogP contribution < -0.4 is 19.5 Å². The van der Waals surface area contributed by atoms with E-state index in [4.69, 9.17) is 14.2 Å². The molecule has 2 aromatic rings. The van der Waals surface area contributed by atoms with Crippen molar-refractivity contribution in [1.82, 2.24) is 0 Å². The number of aryl methyl sites for hydroxylation is 1. The van der Waals surface area contributed by atoms with Gasteiger partial charge in [-0.25, -0.2) is 0 Å². The maximum atomic E-state index is 5.33. The number of anilines is 2. The van der Waals surface area contributed by atoms with Crippen LogP contribution in [0.15, 0.2) is 36.4 Å². The van der Waals surface area contributed by atoms with E-state index in [1.54, 1.807) is 21.3 Å². The van der Waals surface area contributed by atoms with E-state index < -0.39 is 0 Å². The smallest absolute Gasteiger partial charge is 0.203 e. The molecule has 0 saturated heterocycles. The molecule has 0 heterocycles. The minimum absolute atomic E-state index is 0.587. The lowest BCUT2D eigenvalue weighted by molar-refractivity contribution is 0.324. The Morgan fingerprint density at radius 2 is 1.30 bits per heavy atom. The van der Waals surface area contributed by atoms with Gasteiger partial charge in [0.25, 0.3) is 0 Å². The predicted octanol–water partition coefficient (Wildman–Crippen LogP) is 3.76. The molecule has 106 valence electrons. The largest absolute Gasteiger partial charge is 0.493 e. The average Bonchev–Trinajstić information content (AvgIpc) is 2.48. The van der Waals surface area contributed by atoms with E-state index >= 15 is 0 Å². The fourth-order valence-corrected chi connectivity index (χ4v) is 1.96. The Morgan fingerprint density at radius 1 is 0.750 bits per heavy atom. The standard InChI is InChI=1S/C16H19NO3/c1-11-5-7-12(8-6-11)17-13-9-14(18-2)16(20-4)15(10-13)19-3/h5-10,17H,1-4H3. The van der Waals surface area contributed by atoms with E-state index in [0.29, 0.717) is 17.2 Å². The molecule has 1 N–H and O–H groups in total. The molecular weight excluding hydrogens is 254 g/mol. The summed E-state index contributed by atoms with van der Waals surface area (Å²) in [5.74, 6) is 1.84. The Bertz CT molecular complexity index is 554. The van der Waals surface area contributed by atoms with Crippen LogP contribution in [0.5, 0.6) is 17.2 Å². The van der Waals surface area contributed by atoms with Crippen LogP contribution in [0, 0.1) is 6.92 Å². The number of rotatable bonds is 5. The maximum absolute atomic E-state index is 5.33. The van der Waals surface area contributed by atoms with Crippen LogP contribution in [-0.2, 0) is 0 Å². The van der Waals surface area contributed by atoms with E-state index in [9.17, 15) is 0 Å². The van der Waals surface area contributed by atoms with Crippen LogP contribution in [-0.4, -0.2) is 21.3 Å². The number of nitrogens with one attached hydrogen (secondary N) is 1. The molecule has 0 fully saturated rings. The third-order valence-corrected chi connectivity index (χ3v) is 3.00. The molecule has 2 rings (SSSR count). The Hall–Kier alpha value is -2.36. The van der Waals surface area contributed by atoms with Crippen LogP contribution in [0.4, 0.5) is 11.4 Å². The minimum Gasteiger partial charge on any atom is -0.493 e. The highest BCUT2D eigenvalue weighted by molar-refractivity contribution is 5.68. The van der Waals surface area contributed by atoms with Gasteiger partial charge >= 0.3 is 0 Å². The molecule has 0 spiro atoms. The molecular formula is C16H19NO3. The van der Waals surface area contributed by atoms with E-state index in [1.165, 1.54) is 5.56 Å². The summed E-state index contributed by atoms with van der Waals surface area (Å²) in [6.45, 7) is 2.06. The van der Waals surface area contributed by atoms with Gasteiger partial charge in [0.1, 0.15) is 0 Å². The second-order valence-electron chi connectivity index (χ2n) is 4.41. The van der Waals surface area contributed by atoms with Gasteiger partial charge in [-0.2, -0.15) is 0 Å². The summed E-state index contributed by atoms with van der Waals surface area (Å²) >= 11 is 0. The van der Waals surface area contributed by atoms with E-state index in [1.807, 2.05) is 24.3 Å². The molecule has 0 saturated carbocycles. The highest BCUT2D eigenvalue weighted by Crippen LogP contribution is 2.40. The molecule has 0 amide bonds. The summed E-state index contributed by atoms with van der Waals surface area (Å²) in [5.41, 5.74) is 3.11. The monoisotopic (exact) mass is 273 g/mol. The third-order valence-electron chi connectivity index (χ3n) is 3.00. The summed E-state index contributed by atoms with van der Waals surface area (Å²) in [5, 5.41) is 3.32. The van der Waals surface area contributed by atoms with Gasteiger partial charge in [-0.3, -0.25) is 0 Å². The summed E-state index contributed by atoms with van der Waals surface area (Å²) < 4.78 is 16.0. The zero-order valence-electron chi connectivity index (χ0n) is 12.2. The first-order valence-corrected chi connectivity index (χ1v) is 6.31. The molecule has 0 aliphatic heterocycles. The lowest BCUT2D eigenvalue weighted by atomic mass is 10.2. The molecule has 4 heteroatoms. The molecule has 0 atom stereocenters. The van der Waals surface area contributed by atoms with Gasteiger partial charge in [0.05, 0.1) is 21.3 Å². The number of benzene rings is 2. The van der Waals surface area contributed by atoms with Crippen molar-refractivity contribution in [2.24, 2.45) is 0 Å². The Balaban J connectivity index is 2.34. The van der Waals surface area contributed by atoms with Crippen LogP contribution in [0.1, 0.15) is 5.56 Å². The lowest BCUT2D eigenvalue weighted by Crippen LogP contribution is -1.97. The molecule has 0 unspecified atom stereocenters. The van der Waals surface area contributed by atoms with Gasteiger partial charge in [0.15, 0.2) is 11.5 Å². The zero-order valence-corrected chi connectivity index (χ0v) is 12.2. The first kappa shape index (κ1) is 14.1. The zero-order chi connectivity index (χ0) is 14.5. The molecule has 20 heavy (non-hydrogen) atoms. The first-order valence-electron chi connectivity index (χ1n) is 6.31. The van der Waals surface area contributed by atoms with Gasteiger partial charge in [-0.1, -0.05) is 17.7 Å². The van der Waals surface area contributed by atoms with Crippen LogP contribution in [0.25, 0.3) is 0 Å². The molecule has 4 nitrogen and oxygen atoms in total. The van der Waals surface area contributed by atoms with Crippen LogP contribution in [0.2, 0.25) is 0 Å². The van der Waals surface area contributed by atoms with Gasteiger partial charge in [-0.05, 0) is 19.1 Å². The Labute approximate surface area is 119 Å². The fourth-order valence-electron chi connectivity index (χ4n) is 1.96. The van der Waals surface area contributed by atoms with Crippen molar-refractivity contribution in [3.8, 4) is 17.2 Å². The summed E-state index contributed by atoms with van der Waals surface area (Å²) in [7, 11) is 4.80. The maximum Gasteiger partial charge on any atom is 0.203 e. The van der Waals surface area contributed by atoms with Crippen molar-refractivity contribution in [2.75, 3.05) is 26.6 Å². The second kappa shape index (κ2) is 6.19. The fraction of sp³-hybridized carbons (Fsp3) is 0.250. The number of hydrogen-bond acceptors (Lipinski definition) is 4. The second-order valence-corrected chi connectivity index (χ2v) is 4.41. The molecule has 0 aliphatic carbocycles. The quantitative estimate of drug-likeness (QED) is 0.900. The van der Waals surface area contributed by atoms with Crippen molar-refractivity contribution >= 4 is 11.4 Å². The topological polar surface area (TPSA) is 39.7 Å². The highest BCUT2D eigenvalue weighted by Gasteiger charge is 2.13. The molecule has 2 aromatic carbocycles. The number of ether oxygens (including phenoxy) is 3. The van der Waals surface area contributed by atoms with E-state index in [0.717, 1.165) is 11.4 Å². The number of hydrogen-bond donors (Lipinski definition) is 1. The van der Waals surface area contributed by atoms with E-state index in [-0.39, 0.29) is 0 Å². The van der Waals surface area contributed by atoms with Crippen LogP contribution >= 0.6 is 0 Å². The summed E-state index contributed by atoms with van der Waals surface area (Å²) in [6.07, 6.45) is 0. The van der Waals surface area contributed by atoms with Crippen molar-refractivity contribution in [1.29, 1.82) is 0 Å². The molecule has 0 aromatic heterocycles. The first-order chi connectivity index (χ1) is 9.67. The number of methoxy groups -OCH3 is 3. The minimum atomic E-state index is 0.587. The normalized spacial score (nSPS) is 10.0. The molecule has 0 radical (unpaired) electrons. The van der Waals surface area contributed by atoms with E-state index in [2.05, 4.69) is 24.4 Å². The Morgan fingerprint density at radius 3 is 1.75 bits per heavy atom. The molecule has 0 aliphatic rings. The van der Waals surface area contributed by atoms with Crippen LogP contribution in [0.3, 0.4) is 0 Å². The lowest BCUT2D eigenvalue weighted by Gasteiger charge is -2.15. The summed E-state index contributed by atoms with van der Waals surface area (Å²) in [6, 6.07) is 11.9. The third kappa shape index (κ3) is 2.96. The Kier molecular flexibility index (Phi) is 4.35. The van der Waals surface area contributed by atoms with Gasteiger partial charge in [0, 0.05) is 23.5 Å². The van der Waals surface area contributed by atoms with Crippen molar-refractivity contribution in [3.05, 3.63) is 42.0 Å². The molecule has 0 bridgehead atoms. The van der Waals surface area contributed by atoms with Gasteiger partial charge in [0.2, 0.25) is 5.75 Å². The highest BCUT2D eigenvalue weighted by atomic mass is 16.5. The summed E-state index contributed by atoms with van der Waals surface area (Å²) in [4.78, 5) is 0. The van der Waals surface area contributed by atoms with Crippen molar-refractivity contribution in [3.63, 3.8) is 0 Å². The SMILES string of the molecule is COc1cc(Nc2ccc(C)cc2)cc(OC)c1OC. The van der Waals surface area contributed by atoms with Crippen molar-refractivity contribution in [2.45, 2.75) is 6.92 Å². The van der Waals surface area contributed by atoms with Gasteiger partial charge in [-0.15, -0.1) is 0 Å². The average molecular weight is 273 g/mol. The van der Waals surface area contributed by atoms with Gasteiger partial charge < -0.3 is 19.5 Å². The predicted molar refractivity (Wildman–Crippen MR) is 80.6 cm³/mol. The van der Waals surface area contributed by atoms with Crippen molar-refractivity contribution < 1.29 is 14.2 Å².